The minimum atomic E-state index is -3.72. The van der Waals surface area contributed by atoms with Gasteiger partial charge in [-0.3, -0.25) is 9.10 Å². The lowest BCUT2D eigenvalue weighted by Gasteiger charge is -2.30. The first-order valence-corrected chi connectivity index (χ1v) is 11.2. The summed E-state index contributed by atoms with van der Waals surface area (Å²) in [7, 11) is -3.72. The molecule has 5 nitrogen and oxygen atoms in total. The molecule has 0 fully saturated rings. The topological polar surface area (TPSA) is 66.5 Å². The highest BCUT2D eigenvalue weighted by Gasteiger charge is 2.31. The third kappa shape index (κ3) is 6.05. The Labute approximate surface area is 166 Å². The zero-order valence-corrected chi connectivity index (χ0v) is 17.3. The molecule has 0 aliphatic heterocycles. The van der Waals surface area contributed by atoms with Gasteiger partial charge >= 0.3 is 0 Å². The molecule has 2 aromatic carbocycles. The highest BCUT2D eigenvalue weighted by atomic mass is 32.2. The lowest BCUT2D eigenvalue weighted by molar-refractivity contribution is -0.122. The normalized spacial score (nSPS) is 12.4. The minimum absolute atomic E-state index is 0.269. The van der Waals surface area contributed by atoms with Crippen LogP contribution in [-0.2, 0) is 21.2 Å². The molecule has 0 aliphatic rings. The van der Waals surface area contributed by atoms with Gasteiger partial charge in [-0.05, 0) is 56.0 Å². The number of halogens is 1. The summed E-state index contributed by atoms with van der Waals surface area (Å²) in [5, 5.41) is 2.83. The number of carbonyl (C=O) groups is 1. The average molecular weight is 407 g/mol. The maximum atomic E-state index is 13.2. The SMILES string of the molecule is CC[C@@H](C(=O)NCCCc1cccc(C)c1)N(c1ccc(F)cc1)S(C)(=O)=O. The molecule has 0 saturated carbocycles. The number of amides is 1. The molecule has 152 valence electrons. The molecule has 0 radical (unpaired) electrons. The Bertz CT molecular complexity index is 898. The Morgan fingerprint density at radius 3 is 2.43 bits per heavy atom. The van der Waals surface area contributed by atoms with Gasteiger partial charge < -0.3 is 5.32 Å². The van der Waals surface area contributed by atoms with Crippen molar-refractivity contribution in [3.63, 3.8) is 0 Å². The standard InChI is InChI=1S/C21H27FN2O3S/c1-4-20(24(28(3,26)27)19-12-10-18(22)11-13-19)21(25)23-14-6-9-17-8-5-7-16(2)15-17/h5,7-8,10-13,15,20H,4,6,9,14H2,1-3H3,(H,23,25)/t20-/m0/s1. The fourth-order valence-electron chi connectivity index (χ4n) is 3.14. The van der Waals surface area contributed by atoms with E-state index in [1.165, 1.54) is 35.4 Å². The van der Waals surface area contributed by atoms with E-state index in [0.717, 1.165) is 23.4 Å². The second-order valence-electron chi connectivity index (χ2n) is 6.84. The van der Waals surface area contributed by atoms with Crippen molar-refractivity contribution in [3.05, 3.63) is 65.5 Å². The van der Waals surface area contributed by atoms with E-state index in [2.05, 4.69) is 11.4 Å². The van der Waals surface area contributed by atoms with Crippen LogP contribution in [0.1, 0.15) is 30.9 Å². The monoisotopic (exact) mass is 406 g/mol. The molecule has 0 saturated heterocycles. The molecule has 1 atom stereocenters. The molecule has 0 bridgehead atoms. The average Bonchev–Trinajstić information content (AvgIpc) is 2.63. The van der Waals surface area contributed by atoms with Crippen LogP contribution in [0.5, 0.6) is 0 Å². The summed E-state index contributed by atoms with van der Waals surface area (Å²) in [4.78, 5) is 12.7. The number of rotatable bonds is 9. The quantitative estimate of drug-likeness (QED) is 0.649. The first kappa shape index (κ1) is 21.9. The van der Waals surface area contributed by atoms with Crippen molar-refractivity contribution in [1.82, 2.24) is 5.32 Å². The van der Waals surface area contributed by atoms with Crippen LogP contribution in [0, 0.1) is 12.7 Å². The minimum Gasteiger partial charge on any atom is -0.354 e. The summed E-state index contributed by atoms with van der Waals surface area (Å²) in [6.07, 6.45) is 2.92. The Balaban J connectivity index is 2.04. The van der Waals surface area contributed by atoms with Crippen molar-refractivity contribution in [2.24, 2.45) is 0 Å². The van der Waals surface area contributed by atoms with Crippen LogP contribution in [0.15, 0.2) is 48.5 Å². The predicted molar refractivity (Wildman–Crippen MR) is 110 cm³/mol. The summed E-state index contributed by atoms with van der Waals surface area (Å²) < 4.78 is 38.9. The third-order valence-electron chi connectivity index (χ3n) is 4.43. The van der Waals surface area contributed by atoms with Crippen molar-refractivity contribution in [2.45, 2.75) is 39.2 Å². The number of carbonyl (C=O) groups excluding carboxylic acids is 1. The summed E-state index contributed by atoms with van der Waals surface area (Å²) in [5.41, 5.74) is 2.66. The first-order valence-electron chi connectivity index (χ1n) is 9.30. The van der Waals surface area contributed by atoms with Gasteiger partial charge in [0.05, 0.1) is 11.9 Å². The smallest absolute Gasteiger partial charge is 0.243 e. The molecular formula is C21H27FN2O3S. The van der Waals surface area contributed by atoms with Gasteiger partial charge in [-0.2, -0.15) is 0 Å². The summed E-state index contributed by atoms with van der Waals surface area (Å²) in [5.74, 6) is -0.827. The number of benzene rings is 2. The van der Waals surface area contributed by atoms with Crippen LogP contribution in [0.4, 0.5) is 10.1 Å². The number of hydrogen-bond acceptors (Lipinski definition) is 3. The van der Waals surface area contributed by atoms with Crippen molar-refractivity contribution in [1.29, 1.82) is 0 Å². The molecular weight excluding hydrogens is 379 g/mol. The first-order chi connectivity index (χ1) is 13.2. The number of sulfonamides is 1. The second-order valence-corrected chi connectivity index (χ2v) is 8.70. The van der Waals surface area contributed by atoms with Crippen LogP contribution >= 0.6 is 0 Å². The van der Waals surface area contributed by atoms with Crippen LogP contribution in [0.2, 0.25) is 0 Å². The van der Waals surface area contributed by atoms with Gasteiger partial charge in [0.15, 0.2) is 0 Å². The Morgan fingerprint density at radius 1 is 1.18 bits per heavy atom. The van der Waals surface area contributed by atoms with E-state index in [-0.39, 0.29) is 11.6 Å². The zero-order valence-electron chi connectivity index (χ0n) is 16.5. The maximum Gasteiger partial charge on any atom is 0.243 e. The predicted octanol–water partition coefficient (Wildman–Crippen LogP) is 3.43. The summed E-state index contributed by atoms with van der Waals surface area (Å²) >= 11 is 0. The van der Waals surface area contributed by atoms with E-state index >= 15 is 0 Å². The fraction of sp³-hybridized carbons (Fsp3) is 0.381. The van der Waals surface area contributed by atoms with Crippen molar-refractivity contribution in [3.8, 4) is 0 Å². The van der Waals surface area contributed by atoms with Gasteiger partial charge in [-0.15, -0.1) is 0 Å². The van der Waals surface area contributed by atoms with Gasteiger partial charge in [0.25, 0.3) is 0 Å². The Morgan fingerprint density at radius 2 is 1.86 bits per heavy atom. The molecule has 1 N–H and O–H groups in total. The molecule has 28 heavy (non-hydrogen) atoms. The second kappa shape index (κ2) is 9.68. The van der Waals surface area contributed by atoms with Crippen molar-refractivity contribution >= 4 is 21.6 Å². The number of nitrogens with one attached hydrogen (secondary N) is 1. The van der Waals surface area contributed by atoms with E-state index in [1.54, 1.807) is 6.92 Å². The third-order valence-corrected chi connectivity index (χ3v) is 5.61. The molecule has 0 unspecified atom stereocenters. The number of aryl methyl sites for hydroxylation is 2. The van der Waals surface area contributed by atoms with E-state index < -0.39 is 21.9 Å². The zero-order chi connectivity index (χ0) is 20.7. The molecule has 0 aromatic heterocycles. The van der Waals surface area contributed by atoms with Gasteiger partial charge in [-0.1, -0.05) is 36.8 Å². The van der Waals surface area contributed by atoms with Crippen molar-refractivity contribution < 1.29 is 17.6 Å². The summed E-state index contributed by atoms with van der Waals surface area (Å²) in [6, 6.07) is 12.4. The van der Waals surface area contributed by atoms with Gasteiger partial charge in [0.2, 0.25) is 15.9 Å². The largest absolute Gasteiger partial charge is 0.354 e. The molecule has 1 amide bonds. The maximum absolute atomic E-state index is 13.2. The molecule has 2 aromatic rings. The van der Waals surface area contributed by atoms with Gasteiger partial charge in [0, 0.05) is 6.54 Å². The van der Waals surface area contributed by atoms with E-state index in [0.29, 0.717) is 13.0 Å². The number of hydrogen-bond donors (Lipinski definition) is 1. The highest BCUT2D eigenvalue weighted by Crippen LogP contribution is 2.22. The molecule has 2 rings (SSSR count). The van der Waals surface area contributed by atoms with Gasteiger partial charge in [0.1, 0.15) is 11.9 Å². The van der Waals surface area contributed by atoms with E-state index in [4.69, 9.17) is 0 Å². The molecule has 0 spiro atoms. The van der Waals surface area contributed by atoms with E-state index in [1.807, 2.05) is 25.1 Å². The molecule has 7 heteroatoms. The fourth-order valence-corrected chi connectivity index (χ4v) is 4.35. The molecule has 0 aliphatic carbocycles. The molecule has 0 heterocycles. The van der Waals surface area contributed by atoms with Gasteiger partial charge in [-0.25, -0.2) is 12.8 Å². The van der Waals surface area contributed by atoms with Crippen molar-refractivity contribution in [2.75, 3.05) is 17.1 Å². The lowest BCUT2D eigenvalue weighted by atomic mass is 10.1. The van der Waals surface area contributed by atoms with Crippen LogP contribution in [0.3, 0.4) is 0 Å². The Hall–Kier alpha value is -2.41. The van der Waals surface area contributed by atoms with Crippen LogP contribution in [-0.4, -0.2) is 33.2 Å². The lowest BCUT2D eigenvalue weighted by Crippen LogP contribution is -2.49. The van der Waals surface area contributed by atoms with Crippen LogP contribution < -0.4 is 9.62 Å². The number of anilines is 1. The highest BCUT2D eigenvalue weighted by molar-refractivity contribution is 7.92. The van der Waals surface area contributed by atoms with Crippen LogP contribution in [0.25, 0.3) is 0 Å². The summed E-state index contributed by atoms with van der Waals surface area (Å²) in [6.45, 7) is 4.23. The number of nitrogens with zero attached hydrogens (tertiary/aromatic N) is 1. The van der Waals surface area contributed by atoms with E-state index in [9.17, 15) is 17.6 Å². The Kier molecular flexibility index (Phi) is 7.57.